The van der Waals surface area contributed by atoms with Crippen LogP contribution in [-0.4, -0.2) is 46.7 Å². The van der Waals surface area contributed by atoms with Crippen LogP contribution in [0.1, 0.15) is 39.7 Å². The zero-order valence-corrected chi connectivity index (χ0v) is 19.7. The second-order valence-corrected chi connectivity index (χ2v) is 10.0. The average Bonchev–Trinajstić information content (AvgIpc) is 3.45. The molecule has 1 heterocycles. The lowest BCUT2D eigenvalue weighted by molar-refractivity contribution is -0.204. The second-order valence-electron chi connectivity index (χ2n) is 10.0. The summed E-state index contributed by atoms with van der Waals surface area (Å²) in [5, 5.41) is 3.04. The summed E-state index contributed by atoms with van der Waals surface area (Å²) in [4.78, 5) is 56.6. The summed E-state index contributed by atoms with van der Waals surface area (Å²) in [6.45, 7) is 7.01. The van der Waals surface area contributed by atoms with E-state index in [0.717, 1.165) is 12.0 Å². The van der Waals surface area contributed by atoms with Gasteiger partial charge in [0, 0.05) is 0 Å². The maximum atomic E-state index is 13.1. The lowest BCUT2D eigenvalue weighted by Gasteiger charge is -2.30. The Bertz CT molecular complexity index is 970. The minimum absolute atomic E-state index is 0.00514. The highest BCUT2D eigenvalue weighted by Gasteiger charge is 2.61. The first-order valence-corrected chi connectivity index (χ1v) is 11.5. The van der Waals surface area contributed by atoms with Crippen LogP contribution < -0.4 is 5.32 Å². The summed E-state index contributed by atoms with van der Waals surface area (Å²) in [6.07, 6.45) is 2.99. The Morgan fingerprint density at radius 1 is 1.06 bits per heavy atom. The van der Waals surface area contributed by atoms with E-state index in [1.165, 1.54) is 0 Å². The first-order chi connectivity index (χ1) is 16.0. The Kier molecular flexibility index (Phi) is 6.49. The number of ether oxygens (including phenoxy) is 2. The molecule has 0 radical (unpaired) electrons. The molecule has 34 heavy (non-hydrogen) atoms. The fourth-order valence-electron chi connectivity index (χ4n) is 5.00. The minimum atomic E-state index is -1.31. The number of imide groups is 1. The third kappa shape index (κ3) is 4.84. The van der Waals surface area contributed by atoms with Crippen molar-refractivity contribution in [1.29, 1.82) is 0 Å². The molecule has 2 bridgehead atoms. The summed E-state index contributed by atoms with van der Waals surface area (Å²) < 4.78 is 11.1. The molecule has 1 aromatic carbocycles. The van der Waals surface area contributed by atoms with Crippen molar-refractivity contribution in [2.75, 3.05) is 0 Å². The zero-order chi connectivity index (χ0) is 24.6. The summed E-state index contributed by atoms with van der Waals surface area (Å²) in [5.41, 5.74) is 0.146. The van der Waals surface area contributed by atoms with Crippen molar-refractivity contribution in [2.24, 2.45) is 23.7 Å². The fourth-order valence-corrected chi connectivity index (χ4v) is 5.00. The lowest BCUT2D eigenvalue weighted by Crippen LogP contribution is -2.53. The standard InChI is InChI=1S/C25H30N2O7/c1-14(33-25(2,3)4)20(26-24(31)32-13-15-8-6-5-7-9-15)23(30)34-27-21(28)18-16-10-11-17(12-16)19(18)22(27)29/h5-11,14,16-20H,12-13H2,1-4H3,(H,26,31)/t14-,16+,17+,18+,19+,20+/m1/s1. The Morgan fingerprint density at radius 2 is 1.65 bits per heavy atom. The van der Waals surface area contributed by atoms with Gasteiger partial charge in [-0.25, -0.2) is 9.59 Å². The molecule has 1 saturated heterocycles. The van der Waals surface area contributed by atoms with E-state index in [2.05, 4.69) is 5.32 Å². The highest BCUT2D eigenvalue weighted by Crippen LogP contribution is 2.52. The van der Waals surface area contributed by atoms with Crippen LogP contribution in [0.3, 0.4) is 0 Å². The number of hydrogen-bond donors (Lipinski definition) is 1. The molecule has 0 unspecified atom stereocenters. The summed E-state index contributed by atoms with van der Waals surface area (Å²) in [6, 6.07) is 7.77. The van der Waals surface area contributed by atoms with E-state index in [-0.39, 0.29) is 18.4 Å². The van der Waals surface area contributed by atoms with Crippen molar-refractivity contribution >= 4 is 23.9 Å². The molecule has 3 aliphatic rings. The molecule has 3 amide bonds. The van der Waals surface area contributed by atoms with Gasteiger partial charge in [0.2, 0.25) is 0 Å². The summed E-state index contributed by atoms with van der Waals surface area (Å²) >= 11 is 0. The van der Waals surface area contributed by atoms with E-state index in [4.69, 9.17) is 14.3 Å². The van der Waals surface area contributed by atoms with Gasteiger partial charge >= 0.3 is 12.1 Å². The van der Waals surface area contributed by atoms with Gasteiger partial charge in [0.1, 0.15) is 6.61 Å². The van der Waals surface area contributed by atoms with Gasteiger partial charge < -0.3 is 19.6 Å². The van der Waals surface area contributed by atoms with Crippen LogP contribution in [0.4, 0.5) is 4.79 Å². The van der Waals surface area contributed by atoms with Crippen LogP contribution in [0.25, 0.3) is 0 Å². The molecule has 1 aliphatic heterocycles. The largest absolute Gasteiger partial charge is 0.445 e. The normalized spacial score (nSPS) is 26.9. The molecule has 1 N–H and O–H groups in total. The van der Waals surface area contributed by atoms with Gasteiger partial charge in [-0.2, -0.15) is 0 Å². The number of rotatable bonds is 7. The SMILES string of the molecule is C[C@@H](OC(C)(C)C)[C@H](NC(=O)OCc1ccccc1)C(=O)ON1C(=O)[C@@H]2[C@@H](C1=O)[C@H]1C=C[C@H]2C1. The highest BCUT2D eigenvalue weighted by atomic mass is 16.7. The first kappa shape index (κ1) is 23.9. The fraction of sp³-hybridized carbons (Fsp3) is 0.520. The van der Waals surface area contributed by atoms with Gasteiger partial charge in [-0.3, -0.25) is 9.59 Å². The molecule has 9 nitrogen and oxygen atoms in total. The van der Waals surface area contributed by atoms with E-state index >= 15 is 0 Å². The van der Waals surface area contributed by atoms with Crippen molar-refractivity contribution < 1.29 is 33.5 Å². The molecule has 2 fully saturated rings. The van der Waals surface area contributed by atoms with Crippen LogP contribution in [0.15, 0.2) is 42.5 Å². The lowest BCUT2D eigenvalue weighted by atomic mass is 9.85. The summed E-state index contributed by atoms with van der Waals surface area (Å²) in [5.74, 6) is -3.04. The van der Waals surface area contributed by atoms with Gasteiger partial charge in [-0.1, -0.05) is 42.5 Å². The van der Waals surface area contributed by atoms with Crippen molar-refractivity contribution in [3.05, 3.63) is 48.0 Å². The van der Waals surface area contributed by atoms with E-state index in [0.29, 0.717) is 5.06 Å². The number of alkyl carbamates (subject to hydrolysis) is 1. The number of fused-ring (bicyclic) bond motifs is 5. The molecular formula is C25H30N2O7. The average molecular weight is 471 g/mol. The number of amides is 3. The molecule has 1 aromatic rings. The first-order valence-electron chi connectivity index (χ1n) is 11.5. The van der Waals surface area contributed by atoms with Gasteiger partial charge in [0.15, 0.2) is 6.04 Å². The maximum absolute atomic E-state index is 13.1. The third-order valence-electron chi connectivity index (χ3n) is 6.36. The molecule has 2 aliphatic carbocycles. The number of nitrogens with zero attached hydrogens (tertiary/aromatic N) is 1. The van der Waals surface area contributed by atoms with Crippen LogP contribution in [0.2, 0.25) is 0 Å². The number of hydrogen-bond acceptors (Lipinski definition) is 7. The monoisotopic (exact) mass is 470 g/mol. The number of nitrogens with one attached hydrogen (secondary N) is 1. The van der Waals surface area contributed by atoms with Crippen molar-refractivity contribution in [3.8, 4) is 0 Å². The molecule has 182 valence electrons. The molecule has 4 rings (SSSR count). The number of carbonyl (C=O) groups excluding carboxylic acids is 4. The quantitative estimate of drug-likeness (QED) is 0.482. The van der Waals surface area contributed by atoms with Crippen LogP contribution in [0, 0.1) is 23.7 Å². The Hall–Kier alpha value is -3.20. The Labute approximate surface area is 198 Å². The van der Waals surface area contributed by atoms with Gasteiger partial charge in [0.25, 0.3) is 11.8 Å². The van der Waals surface area contributed by atoms with Crippen molar-refractivity contribution in [3.63, 3.8) is 0 Å². The third-order valence-corrected chi connectivity index (χ3v) is 6.36. The van der Waals surface area contributed by atoms with E-state index < -0.39 is 53.5 Å². The highest BCUT2D eigenvalue weighted by molar-refractivity contribution is 6.06. The van der Waals surface area contributed by atoms with Gasteiger partial charge in [0.05, 0.1) is 23.5 Å². The van der Waals surface area contributed by atoms with Crippen LogP contribution in [0.5, 0.6) is 0 Å². The van der Waals surface area contributed by atoms with E-state index in [1.807, 2.05) is 30.4 Å². The number of benzene rings is 1. The number of carbonyl (C=O) groups is 4. The number of hydroxylamine groups is 2. The van der Waals surface area contributed by atoms with Gasteiger partial charge in [-0.05, 0) is 51.5 Å². The minimum Gasteiger partial charge on any atom is -0.445 e. The predicted molar refractivity (Wildman–Crippen MR) is 120 cm³/mol. The van der Waals surface area contributed by atoms with Gasteiger partial charge in [-0.15, -0.1) is 5.06 Å². The molecule has 0 aromatic heterocycles. The maximum Gasteiger partial charge on any atom is 0.408 e. The van der Waals surface area contributed by atoms with Crippen LogP contribution in [-0.2, 0) is 35.3 Å². The Morgan fingerprint density at radius 3 is 2.21 bits per heavy atom. The molecule has 1 saturated carbocycles. The molecule has 9 heteroatoms. The van der Waals surface area contributed by atoms with Crippen molar-refractivity contribution in [2.45, 2.75) is 58.5 Å². The second kappa shape index (κ2) is 9.21. The number of allylic oxidation sites excluding steroid dienone is 2. The predicted octanol–water partition coefficient (Wildman–Crippen LogP) is 2.75. The van der Waals surface area contributed by atoms with E-state index in [1.54, 1.807) is 39.8 Å². The topological polar surface area (TPSA) is 111 Å². The zero-order valence-electron chi connectivity index (χ0n) is 19.7. The molecule has 6 atom stereocenters. The van der Waals surface area contributed by atoms with E-state index in [9.17, 15) is 19.2 Å². The molecular weight excluding hydrogens is 440 g/mol. The smallest absolute Gasteiger partial charge is 0.408 e. The van der Waals surface area contributed by atoms with Crippen LogP contribution >= 0.6 is 0 Å². The Balaban J connectivity index is 1.44. The van der Waals surface area contributed by atoms with Crippen molar-refractivity contribution in [1.82, 2.24) is 10.4 Å². The molecule has 0 spiro atoms. The summed E-state index contributed by atoms with van der Waals surface area (Å²) in [7, 11) is 0.